The fourth-order valence-corrected chi connectivity index (χ4v) is 5.72. The Balaban J connectivity index is 1.35. The molecule has 1 aliphatic carbocycles. The van der Waals surface area contributed by atoms with Crippen molar-refractivity contribution in [3.05, 3.63) is 137 Å². The molecule has 43 heavy (non-hydrogen) atoms. The summed E-state index contributed by atoms with van der Waals surface area (Å²) in [6.45, 7) is 0.410. The summed E-state index contributed by atoms with van der Waals surface area (Å²) in [5.41, 5.74) is 6.46. The van der Waals surface area contributed by atoms with Gasteiger partial charge in [-0.05, 0) is 83.8 Å². The third kappa shape index (κ3) is 8.19. The van der Waals surface area contributed by atoms with Crippen molar-refractivity contribution < 1.29 is 19.5 Å². The summed E-state index contributed by atoms with van der Waals surface area (Å²) < 4.78 is 0. The van der Waals surface area contributed by atoms with E-state index in [1.165, 1.54) is 43.2 Å². The van der Waals surface area contributed by atoms with Gasteiger partial charge in [-0.1, -0.05) is 86.0 Å². The first-order chi connectivity index (χ1) is 21.0. The van der Waals surface area contributed by atoms with Crippen LogP contribution in [0, 0.1) is 0 Å². The number of hydrogen-bond donors (Lipinski definition) is 2. The molecular formula is C37H38N2O4. The zero-order chi connectivity index (χ0) is 30.0. The third-order valence-corrected chi connectivity index (χ3v) is 8.16. The van der Waals surface area contributed by atoms with E-state index in [0.717, 1.165) is 23.2 Å². The standard InChI is InChI=1S/C37H38N2O4/c40-35(41)23-24-38-36(42)32-15-13-29(14-16-32)26-39(34-21-19-31(20-22-34)30-9-5-2-6-10-30)37(43)33-17-11-28(12-18-33)25-27-7-3-1-4-8-27/h1,3-4,7-8,11-22,30H,2,5-6,9-10,23-26H2,(H,38,42)(H,40,41). The largest absolute Gasteiger partial charge is 0.481 e. The van der Waals surface area contributed by atoms with Gasteiger partial charge in [-0.25, -0.2) is 0 Å². The molecule has 4 aromatic rings. The van der Waals surface area contributed by atoms with Gasteiger partial charge >= 0.3 is 5.97 Å². The summed E-state index contributed by atoms with van der Waals surface area (Å²) in [6.07, 6.45) is 6.95. The Bertz CT molecular complexity index is 1510. The second-order valence-electron chi connectivity index (χ2n) is 11.3. The van der Waals surface area contributed by atoms with Gasteiger partial charge in [0, 0.05) is 23.4 Å². The molecular weight excluding hydrogens is 536 g/mol. The van der Waals surface area contributed by atoms with Crippen molar-refractivity contribution in [2.45, 2.75) is 57.4 Å². The lowest BCUT2D eigenvalue weighted by atomic mass is 9.84. The van der Waals surface area contributed by atoms with E-state index in [1.807, 2.05) is 54.6 Å². The number of carbonyl (C=O) groups is 3. The molecule has 0 aliphatic heterocycles. The summed E-state index contributed by atoms with van der Waals surface area (Å²) >= 11 is 0. The molecule has 0 heterocycles. The Kier molecular flexibility index (Phi) is 10.0. The van der Waals surface area contributed by atoms with Crippen LogP contribution in [0.25, 0.3) is 0 Å². The highest BCUT2D eigenvalue weighted by Gasteiger charge is 2.21. The number of nitrogens with one attached hydrogen (secondary N) is 1. The van der Waals surface area contributed by atoms with Crippen molar-refractivity contribution in [3.8, 4) is 0 Å². The van der Waals surface area contributed by atoms with Gasteiger partial charge < -0.3 is 15.3 Å². The van der Waals surface area contributed by atoms with Gasteiger partial charge in [0.15, 0.2) is 0 Å². The molecule has 0 aromatic heterocycles. The van der Waals surface area contributed by atoms with Crippen molar-refractivity contribution in [1.29, 1.82) is 0 Å². The Morgan fingerprint density at radius 2 is 1.30 bits per heavy atom. The van der Waals surface area contributed by atoms with Crippen LogP contribution in [-0.4, -0.2) is 29.4 Å². The van der Waals surface area contributed by atoms with E-state index >= 15 is 0 Å². The number of rotatable bonds is 11. The number of benzene rings is 4. The zero-order valence-corrected chi connectivity index (χ0v) is 24.4. The maximum atomic E-state index is 14.0. The Morgan fingerprint density at radius 3 is 1.95 bits per heavy atom. The molecule has 0 radical (unpaired) electrons. The molecule has 0 unspecified atom stereocenters. The molecule has 0 saturated heterocycles. The van der Waals surface area contributed by atoms with Gasteiger partial charge in [-0.15, -0.1) is 0 Å². The number of carboxylic acids is 1. The van der Waals surface area contributed by atoms with Crippen molar-refractivity contribution in [2.75, 3.05) is 11.4 Å². The topological polar surface area (TPSA) is 86.7 Å². The van der Waals surface area contributed by atoms with Crippen molar-refractivity contribution >= 4 is 23.5 Å². The molecule has 5 rings (SSSR count). The fraction of sp³-hybridized carbons (Fsp3) is 0.270. The molecule has 6 nitrogen and oxygen atoms in total. The van der Waals surface area contributed by atoms with Gasteiger partial charge in [-0.3, -0.25) is 14.4 Å². The lowest BCUT2D eigenvalue weighted by molar-refractivity contribution is -0.136. The molecule has 1 aliphatic rings. The van der Waals surface area contributed by atoms with E-state index < -0.39 is 5.97 Å². The molecule has 2 N–H and O–H groups in total. The summed E-state index contributed by atoms with van der Waals surface area (Å²) in [4.78, 5) is 38.9. The number of nitrogens with zero attached hydrogens (tertiary/aromatic N) is 1. The Morgan fingerprint density at radius 1 is 0.698 bits per heavy atom. The van der Waals surface area contributed by atoms with Crippen LogP contribution < -0.4 is 10.2 Å². The molecule has 220 valence electrons. The average molecular weight is 575 g/mol. The maximum absolute atomic E-state index is 14.0. The van der Waals surface area contributed by atoms with Gasteiger partial charge in [0.2, 0.25) is 0 Å². The fourth-order valence-electron chi connectivity index (χ4n) is 5.72. The Labute approximate surface area is 253 Å². The second kappa shape index (κ2) is 14.5. The molecule has 0 spiro atoms. The lowest BCUT2D eigenvalue weighted by Crippen LogP contribution is -2.30. The quantitative estimate of drug-likeness (QED) is 0.196. The van der Waals surface area contributed by atoms with Gasteiger partial charge in [0.1, 0.15) is 0 Å². The molecule has 0 bridgehead atoms. The SMILES string of the molecule is O=C(O)CCNC(=O)c1ccc(CN(C(=O)c2ccc(Cc3ccccc3)cc2)c2ccc(C3CCCCC3)cc2)cc1. The molecule has 6 heteroatoms. The van der Waals surface area contributed by atoms with E-state index in [-0.39, 0.29) is 24.8 Å². The van der Waals surface area contributed by atoms with Crippen LogP contribution in [0.4, 0.5) is 5.69 Å². The monoisotopic (exact) mass is 574 g/mol. The van der Waals surface area contributed by atoms with E-state index in [2.05, 4.69) is 41.7 Å². The first-order valence-corrected chi connectivity index (χ1v) is 15.1. The molecule has 0 atom stereocenters. The van der Waals surface area contributed by atoms with E-state index in [4.69, 9.17) is 5.11 Å². The van der Waals surface area contributed by atoms with Crippen LogP contribution in [0.15, 0.2) is 103 Å². The maximum Gasteiger partial charge on any atom is 0.305 e. The van der Waals surface area contributed by atoms with Crippen LogP contribution in [0.2, 0.25) is 0 Å². The number of aliphatic carboxylic acids is 1. The number of carbonyl (C=O) groups excluding carboxylic acids is 2. The third-order valence-electron chi connectivity index (χ3n) is 8.16. The highest BCUT2D eigenvalue weighted by atomic mass is 16.4. The average Bonchev–Trinajstić information content (AvgIpc) is 3.05. The first kappa shape index (κ1) is 29.8. The summed E-state index contributed by atoms with van der Waals surface area (Å²) in [7, 11) is 0. The smallest absolute Gasteiger partial charge is 0.305 e. The Hall–Kier alpha value is -4.71. The molecule has 2 amide bonds. The lowest BCUT2D eigenvalue weighted by Gasteiger charge is -2.26. The number of carboxylic acid groups (broad SMARTS) is 1. The minimum atomic E-state index is -0.960. The summed E-state index contributed by atoms with van der Waals surface area (Å²) in [5.74, 6) is -0.793. The van der Waals surface area contributed by atoms with E-state index in [1.54, 1.807) is 17.0 Å². The normalized spacial score (nSPS) is 13.3. The van der Waals surface area contributed by atoms with Crippen LogP contribution in [-0.2, 0) is 17.8 Å². The van der Waals surface area contributed by atoms with Crippen LogP contribution >= 0.6 is 0 Å². The summed E-state index contributed by atoms with van der Waals surface area (Å²) in [6, 6.07) is 33.6. The number of anilines is 1. The van der Waals surface area contributed by atoms with Crippen LogP contribution in [0.1, 0.15) is 87.4 Å². The zero-order valence-electron chi connectivity index (χ0n) is 24.4. The minimum Gasteiger partial charge on any atom is -0.481 e. The highest BCUT2D eigenvalue weighted by molar-refractivity contribution is 6.06. The van der Waals surface area contributed by atoms with Crippen LogP contribution in [0.3, 0.4) is 0 Å². The van der Waals surface area contributed by atoms with Gasteiger partial charge in [0.05, 0.1) is 13.0 Å². The predicted molar refractivity (Wildman–Crippen MR) is 169 cm³/mol. The summed E-state index contributed by atoms with van der Waals surface area (Å²) in [5, 5.41) is 11.4. The molecule has 1 fully saturated rings. The predicted octanol–water partition coefficient (Wildman–Crippen LogP) is 7.38. The first-order valence-electron chi connectivity index (χ1n) is 15.1. The second-order valence-corrected chi connectivity index (χ2v) is 11.3. The molecule has 4 aromatic carbocycles. The van der Waals surface area contributed by atoms with E-state index in [0.29, 0.717) is 23.6 Å². The van der Waals surface area contributed by atoms with Crippen molar-refractivity contribution in [3.63, 3.8) is 0 Å². The minimum absolute atomic E-state index is 0.0686. The van der Waals surface area contributed by atoms with Crippen molar-refractivity contribution in [1.82, 2.24) is 5.32 Å². The number of amides is 2. The molecule has 1 saturated carbocycles. The number of hydrogen-bond acceptors (Lipinski definition) is 3. The highest BCUT2D eigenvalue weighted by Crippen LogP contribution is 2.34. The van der Waals surface area contributed by atoms with Crippen molar-refractivity contribution in [2.24, 2.45) is 0 Å². The van der Waals surface area contributed by atoms with Crippen LogP contribution in [0.5, 0.6) is 0 Å². The van der Waals surface area contributed by atoms with E-state index in [9.17, 15) is 14.4 Å². The van der Waals surface area contributed by atoms with Gasteiger partial charge in [0.25, 0.3) is 11.8 Å². The van der Waals surface area contributed by atoms with Gasteiger partial charge in [-0.2, -0.15) is 0 Å².